The second kappa shape index (κ2) is 6.34. The van der Waals surface area contributed by atoms with Gasteiger partial charge in [-0.05, 0) is 43.1 Å². The molecule has 120 valence electrons. The van der Waals surface area contributed by atoms with E-state index in [4.69, 9.17) is 4.74 Å². The quantitative estimate of drug-likeness (QED) is 0.838. The number of hydrogen-bond donors (Lipinski definition) is 0. The van der Waals surface area contributed by atoms with Crippen molar-refractivity contribution >= 4 is 5.91 Å². The lowest BCUT2D eigenvalue weighted by Crippen LogP contribution is -2.52. The maximum atomic E-state index is 13.3. The Hall–Kier alpha value is -1.46. The summed E-state index contributed by atoms with van der Waals surface area (Å²) >= 11 is 0. The fourth-order valence-corrected chi connectivity index (χ4v) is 3.43. The number of fused-ring (bicyclic) bond motifs is 1. The molecule has 1 amide bonds. The fraction of sp³-hybridized carbons (Fsp3) is 0.588. The number of hydrogen-bond acceptors (Lipinski definition) is 3. The molecule has 0 aliphatic carbocycles. The number of benzene rings is 1. The van der Waals surface area contributed by atoms with E-state index in [1.807, 2.05) is 11.8 Å². The van der Waals surface area contributed by atoms with E-state index in [9.17, 15) is 9.18 Å². The van der Waals surface area contributed by atoms with Crippen LogP contribution in [0.5, 0.6) is 0 Å². The minimum Gasteiger partial charge on any atom is -0.366 e. The van der Waals surface area contributed by atoms with Crippen molar-refractivity contribution in [2.24, 2.45) is 0 Å². The first-order chi connectivity index (χ1) is 10.6. The van der Waals surface area contributed by atoms with Crippen LogP contribution in [0, 0.1) is 5.82 Å². The lowest BCUT2D eigenvalue weighted by Gasteiger charge is -2.39. The van der Waals surface area contributed by atoms with E-state index in [1.165, 1.54) is 6.07 Å². The van der Waals surface area contributed by atoms with Gasteiger partial charge in [0.1, 0.15) is 11.9 Å². The predicted octanol–water partition coefficient (Wildman–Crippen LogP) is 1.99. The Kier molecular flexibility index (Phi) is 4.45. The van der Waals surface area contributed by atoms with Crippen LogP contribution in [0.15, 0.2) is 18.2 Å². The SMILES string of the molecule is CCN1CCO[C@H](C(=O)N2CCc3cc(F)ccc3[C@@H]2C)C1. The maximum absolute atomic E-state index is 13.3. The third-order valence-corrected chi connectivity index (χ3v) is 4.80. The van der Waals surface area contributed by atoms with Crippen molar-refractivity contribution < 1.29 is 13.9 Å². The van der Waals surface area contributed by atoms with Gasteiger partial charge in [-0.15, -0.1) is 0 Å². The van der Waals surface area contributed by atoms with Crippen LogP contribution in [-0.2, 0) is 16.0 Å². The Morgan fingerprint density at radius 3 is 3.00 bits per heavy atom. The van der Waals surface area contributed by atoms with Gasteiger partial charge in [0.2, 0.25) is 0 Å². The lowest BCUT2D eigenvalue weighted by atomic mass is 9.93. The second-order valence-electron chi connectivity index (χ2n) is 6.05. The topological polar surface area (TPSA) is 32.8 Å². The van der Waals surface area contributed by atoms with Gasteiger partial charge < -0.3 is 9.64 Å². The number of halogens is 1. The van der Waals surface area contributed by atoms with Gasteiger partial charge in [-0.25, -0.2) is 4.39 Å². The Morgan fingerprint density at radius 1 is 1.41 bits per heavy atom. The minimum absolute atomic E-state index is 0.0301. The first kappa shape index (κ1) is 15.4. The molecule has 3 rings (SSSR count). The molecule has 0 saturated carbocycles. The summed E-state index contributed by atoms with van der Waals surface area (Å²) in [6, 6.07) is 4.83. The molecule has 5 heteroatoms. The van der Waals surface area contributed by atoms with Crippen LogP contribution in [0.2, 0.25) is 0 Å². The van der Waals surface area contributed by atoms with Gasteiger partial charge in [0.15, 0.2) is 0 Å². The highest BCUT2D eigenvalue weighted by Gasteiger charge is 2.34. The molecule has 0 radical (unpaired) electrons. The van der Waals surface area contributed by atoms with E-state index in [2.05, 4.69) is 11.8 Å². The van der Waals surface area contributed by atoms with Crippen LogP contribution in [0.25, 0.3) is 0 Å². The van der Waals surface area contributed by atoms with Crippen LogP contribution < -0.4 is 0 Å². The Bertz CT molecular complexity index is 564. The average molecular weight is 306 g/mol. The maximum Gasteiger partial charge on any atom is 0.253 e. The molecule has 2 heterocycles. The largest absolute Gasteiger partial charge is 0.366 e. The molecule has 2 aliphatic heterocycles. The molecule has 1 aromatic rings. The molecular formula is C17H23FN2O2. The van der Waals surface area contributed by atoms with Gasteiger partial charge in [0.05, 0.1) is 12.6 Å². The summed E-state index contributed by atoms with van der Waals surface area (Å²) in [7, 11) is 0. The molecule has 22 heavy (non-hydrogen) atoms. The molecular weight excluding hydrogens is 283 g/mol. The van der Waals surface area contributed by atoms with Gasteiger partial charge in [-0.3, -0.25) is 9.69 Å². The summed E-state index contributed by atoms with van der Waals surface area (Å²) in [6.45, 7) is 7.82. The van der Waals surface area contributed by atoms with Gasteiger partial charge in [0, 0.05) is 19.6 Å². The number of rotatable bonds is 2. The average Bonchev–Trinajstić information content (AvgIpc) is 2.54. The van der Waals surface area contributed by atoms with Crippen molar-refractivity contribution in [1.82, 2.24) is 9.80 Å². The van der Waals surface area contributed by atoms with Crippen molar-refractivity contribution in [2.45, 2.75) is 32.4 Å². The molecule has 1 aromatic carbocycles. The van der Waals surface area contributed by atoms with Crippen molar-refractivity contribution in [1.29, 1.82) is 0 Å². The standard InChI is InChI=1S/C17H23FN2O2/c1-3-19-8-9-22-16(11-19)17(21)20-7-6-13-10-14(18)4-5-15(13)12(20)2/h4-5,10,12,16H,3,6-9,11H2,1-2H3/t12-,16-/m0/s1. The Labute approximate surface area is 130 Å². The molecule has 2 aliphatic rings. The summed E-state index contributed by atoms with van der Waals surface area (Å²) in [6.07, 6.45) is 0.325. The zero-order valence-corrected chi connectivity index (χ0v) is 13.2. The number of carbonyl (C=O) groups is 1. The van der Waals surface area contributed by atoms with E-state index in [0.717, 1.165) is 24.2 Å². The van der Waals surface area contributed by atoms with Crippen LogP contribution in [0.4, 0.5) is 4.39 Å². The third kappa shape index (κ3) is 2.88. The van der Waals surface area contributed by atoms with Crippen LogP contribution in [0.3, 0.4) is 0 Å². The lowest BCUT2D eigenvalue weighted by molar-refractivity contribution is -0.152. The summed E-state index contributed by atoms with van der Waals surface area (Å²) in [5.74, 6) is -0.152. The monoisotopic (exact) mass is 306 g/mol. The fourth-order valence-electron chi connectivity index (χ4n) is 3.43. The highest BCUT2D eigenvalue weighted by molar-refractivity contribution is 5.82. The number of carbonyl (C=O) groups excluding carboxylic acids is 1. The molecule has 0 bridgehead atoms. The van der Waals surface area contributed by atoms with E-state index in [0.29, 0.717) is 26.1 Å². The highest BCUT2D eigenvalue weighted by atomic mass is 19.1. The molecule has 0 unspecified atom stereocenters. The van der Waals surface area contributed by atoms with Crippen molar-refractivity contribution in [2.75, 3.05) is 32.8 Å². The number of amides is 1. The zero-order chi connectivity index (χ0) is 15.7. The Morgan fingerprint density at radius 2 is 2.23 bits per heavy atom. The predicted molar refractivity (Wildman–Crippen MR) is 82.1 cm³/mol. The van der Waals surface area contributed by atoms with Gasteiger partial charge >= 0.3 is 0 Å². The number of morpholine rings is 1. The molecule has 0 N–H and O–H groups in total. The summed E-state index contributed by atoms with van der Waals surface area (Å²) in [5, 5.41) is 0. The zero-order valence-electron chi connectivity index (χ0n) is 13.2. The van der Waals surface area contributed by atoms with Crippen LogP contribution >= 0.6 is 0 Å². The van der Waals surface area contributed by atoms with E-state index in [-0.39, 0.29) is 23.9 Å². The number of nitrogens with zero attached hydrogens (tertiary/aromatic N) is 2. The first-order valence-corrected chi connectivity index (χ1v) is 8.03. The third-order valence-electron chi connectivity index (χ3n) is 4.80. The van der Waals surface area contributed by atoms with Crippen molar-refractivity contribution in [3.63, 3.8) is 0 Å². The molecule has 1 saturated heterocycles. The van der Waals surface area contributed by atoms with Crippen molar-refractivity contribution in [3.8, 4) is 0 Å². The van der Waals surface area contributed by atoms with Crippen molar-refractivity contribution in [3.05, 3.63) is 35.1 Å². The minimum atomic E-state index is -0.377. The summed E-state index contributed by atoms with van der Waals surface area (Å²) < 4.78 is 19.0. The number of likely N-dealkylation sites (N-methyl/N-ethyl adjacent to an activating group) is 1. The van der Waals surface area contributed by atoms with Gasteiger partial charge in [-0.1, -0.05) is 13.0 Å². The van der Waals surface area contributed by atoms with Gasteiger partial charge in [0.25, 0.3) is 5.91 Å². The summed E-state index contributed by atoms with van der Waals surface area (Å²) in [5.41, 5.74) is 2.06. The molecule has 4 nitrogen and oxygen atoms in total. The second-order valence-corrected chi connectivity index (χ2v) is 6.05. The Balaban J connectivity index is 1.75. The summed E-state index contributed by atoms with van der Waals surface area (Å²) in [4.78, 5) is 16.9. The van der Waals surface area contributed by atoms with E-state index < -0.39 is 0 Å². The number of ether oxygens (including phenoxy) is 1. The molecule has 0 aromatic heterocycles. The molecule has 2 atom stereocenters. The molecule has 0 spiro atoms. The van der Waals surface area contributed by atoms with Crippen LogP contribution in [-0.4, -0.2) is 54.6 Å². The van der Waals surface area contributed by atoms with E-state index >= 15 is 0 Å². The van der Waals surface area contributed by atoms with Crippen LogP contribution in [0.1, 0.15) is 31.0 Å². The van der Waals surface area contributed by atoms with E-state index in [1.54, 1.807) is 12.1 Å². The smallest absolute Gasteiger partial charge is 0.253 e. The van der Waals surface area contributed by atoms with Gasteiger partial charge in [-0.2, -0.15) is 0 Å². The first-order valence-electron chi connectivity index (χ1n) is 8.03. The normalized spacial score (nSPS) is 25.9. The highest BCUT2D eigenvalue weighted by Crippen LogP contribution is 2.30. The molecule has 1 fully saturated rings.